The number of carbonyl (C=O) groups excluding carboxylic acids is 1. The van der Waals surface area contributed by atoms with E-state index in [0.717, 1.165) is 5.56 Å². The van der Waals surface area contributed by atoms with Gasteiger partial charge in [0.2, 0.25) is 10.0 Å². The minimum atomic E-state index is -3.52. The molecule has 0 aliphatic carbocycles. The topological polar surface area (TPSA) is 81.7 Å². The van der Waals surface area contributed by atoms with Crippen molar-refractivity contribution in [3.8, 4) is 0 Å². The summed E-state index contributed by atoms with van der Waals surface area (Å²) in [5.74, 6) is -0.478. The van der Waals surface area contributed by atoms with Crippen LogP contribution in [0, 0.1) is 0 Å². The summed E-state index contributed by atoms with van der Waals surface area (Å²) in [6.07, 6.45) is 3.05. The van der Waals surface area contributed by atoms with Crippen LogP contribution in [-0.2, 0) is 24.9 Å². The lowest BCUT2D eigenvalue weighted by Crippen LogP contribution is -2.67. The van der Waals surface area contributed by atoms with Gasteiger partial charge in [0, 0.05) is 0 Å². The largest absolute Gasteiger partial charge is 0.454 e. The quantitative estimate of drug-likeness (QED) is 0.618. The van der Waals surface area contributed by atoms with Crippen molar-refractivity contribution < 1.29 is 22.7 Å². The van der Waals surface area contributed by atoms with Gasteiger partial charge in [-0.2, -0.15) is 0 Å². The van der Waals surface area contributed by atoms with Gasteiger partial charge in [-0.15, -0.1) is 0 Å². The number of hydrogen-bond acceptors (Lipinski definition) is 5. The van der Waals surface area contributed by atoms with Gasteiger partial charge in [-0.1, -0.05) is 39.0 Å². The van der Waals surface area contributed by atoms with Gasteiger partial charge >= 0.3 is 5.97 Å². The number of benzene rings is 1. The summed E-state index contributed by atoms with van der Waals surface area (Å²) in [4.78, 5) is 12.8. The first-order chi connectivity index (χ1) is 12.5. The molecule has 7 heteroatoms. The highest BCUT2D eigenvalue weighted by molar-refractivity contribution is 7.90. The van der Waals surface area contributed by atoms with Crippen LogP contribution in [0.4, 0.5) is 0 Å². The maximum absolute atomic E-state index is 12.8. The van der Waals surface area contributed by atoms with Crippen LogP contribution in [0.25, 0.3) is 0 Å². The van der Waals surface area contributed by atoms with E-state index in [1.54, 1.807) is 25.1 Å². The van der Waals surface area contributed by atoms with Gasteiger partial charge < -0.3 is 9.47 Å². The molecular formula is C20H25NO5S. The Balaban J connectivity index is 1.60. The SMILES string of the molecule is CC1NS(=O)(=O)C2CC3C=C[C@]2(O3)C1OC(=O)c1ccc(C(C)(C)C)cc1. The molecule has 0 saturated carbocycles. The third-order valence-corrected chi connectivity index (χ3v) is 7.73. The Labute approximate surface area is 160 Å². The molecule has 3 aliphatic heterocycles. The van der Waals surface area contributed by atoms with Gasteiger partial charge in [0.05, 0.1) is 17.7 Å². The van der Waals surface area contributed by atoms with Gasteiger partial charge in [-0.25, -0.2) is 17.9 Å². The van der Waals surface area contributed by atoms with Crippen LogP contribution in [0.3, 0.4) is 0 Å². The second kappa shape index (κ2) is 5.90. The van der Waals surface area contributed by atoms with E-state index in [4.69, 9.17) is 9.47 Å². The average molecular weight is 391 g/mol. The number of ether oxygens (including phenoxy) is 2. The third-order valence-electron chi connectivity index (χ3n) is 5.72. The van der Waals surface area contributed by atoms with Crippen molar-refractivity contribution in [2.45, 2.75) is 68.6 Å². The molecule has 6 nitrogen and oxygen atoms in total. The lowest BCUT2D eigenvalue weighted by Gasteiger charge is -2.44. The van der Waals surface area contributed by atoms with Gasteiger partial charge in [0.1, 0.15) is 10.9 Å². The number of esters is 1. The molecule has 2 saturated heterocycles. The zero-order chi connectivity index (χ0) is 19.6. The molecule has 0 radical (unpaired) electrons. The molecule has 3 aliphatic rings. The lowest BCUT2D eigenvalue weighted by molar-refractivity contribution is -0.0845. The monoisotopic (exact) mass is 391 g/mol. The van der Waals surface area contributed by atoms with Crippen LogP contribution in [0.5, 0.6) is 0 Å². The van der Waals surface area contributed by atoms with Crippen molar-refractivity contribution >= 4 is 16.0 Å². The Hall–Kier alpha value is -1.70. The average Bonchev–Trinajstić information content (AvgIpc) is 3.17. The van der Waals surface area contributed by atoms with E-state index in [1.807, 2.05) is 18.2 Å². The Morgan fingerprint density at radius 1 is 1.26 bits per heavy atom. The second-order valence-electron chi connectivity index (χ2n) is 8.70. The highest BCUT2D eigenvalue weighted by atomic mass is 32.2. The molecule has 2 fully saturated rings. The molecule has 1 aromatic rings. The highest BCUT2D eigenvalue weighted by Crippen LogP contribution is 2.48. The van der Waals surface area contributed by atoms with Crippen LogP contribution >= 0.6 is 0 Å². The smallest absolute Gasteiger partial charge is 0.338 e. The van der Waals surface area contributed by atoms with E-state index >= 15 is 0 Å². The van der Waals surface area contributed by atoms with Gasteiger partial charge in [0.25, 0.3) is 0 Å². The predicted octanol–water partition coefficient (Wildman–Crippen LogP) is 2.30. The Morgan fingerprint density at radius 2 is 1.93 bits per heavy atom. The lowest BCUT2D eigenvalue weighted by atomic mass is 9.85. The maximum atomic E-state index is 12.8. The molecule has 2 bridgehead atoms. The van der Waals surface area contributed by atoms with Crippen LogP contribution in [0.15, 0.2) is 36.4 Å². The summed E-state index contributed by atoms with van der Waals surface area (Å²) in [6, 6.07) is 6.76. The van der Waals surface area contributed by atoms with Crippen LogP contribution < -0.4 is 4.72 Å². The first-order valence-electron chi connectivity index (χ1n) is 9.23. The van der Waals surface area contributed by atoms with Crippen molar-refractivity contribution in [1.29, 1.82) is 0 Å². The van der Waals surface area contributed by atoms with Crippen molar-refractivity contribution in [3.63, 3.8) is 0 Å². The van der Waals surface area contributed by atoms with Crippen LogP contribution in [0.1, 0.15) is 50.0 Å². The molecule has 4 unspecified atom stereocenters. The van der Waals surface area contributed by atoms with E-state index in [2.05, 4.69) is 25.5 Å². The molecule has 1 aromatic carbocycles. The molecule has 0 aromatic heterocycles. The zero-order valence-corrected chi connectivity index (χ0v) is 16.7. The highest BCUT2D eigenvalue weighted by Gasteiger charge is 2.65. The molecule has 146 valence electrons. The summed E-state index contributed by atoms with van der Waals surface area (Å²) in [5, 5.41) is -0.739. The standard InChI is InChI=1S/C20H25NO5S/c1-12-17(20-10-9-15(26-20)11-16(20)27(23,24)21-12)25-18(22)13-5-7-14(8-6-13)19(2,3)4/h5-10,12,15-17,21H,11H2,1-4H3/t12?,15?,16?,17?,20-/m1/s1. The Kier molecular flexibility index (Phi) is 4.07. The van der Waals surface area contributed by atoms with Gasteiger partial charge in [-0.3, -0.25) is 0 Å². The fourth-order valence-corrected chi connectivity index (χ4v) is 6.30. The number of fused-ring (bicyclic) bond motifs is 1. The molecule has 0 amide bonds. The normalized spacial score (nSPS) is 36.4. The fraction of sp³-hybridized carbons (Fsp3) is 0.550. The van der Waals surface area contributed by atoms with E-state index in [9.17, 15) is 13.2 Å². The van der Waals surface area contributed by atoms with Crippen molar-refractivity contribution in [1.82, 2.24) is 4.72 Å². The van der Waals surface area contributed by atoms with E-state index < -0.39 is 39.0 Å². The number of sulfonamides is 1. The zero-order valence-electron chi connectivity index (χ0n) is 15.9. The molecule has 4 rings (SSSR count). The first-order valence-corrected chi connectivity index (χ1v) is 10.8. The molecular weight excluding hydrogens is 366 g/mol. The third kappa shape index (κ3) is 2.92. The summed E-state index contributed by atoms with van der Waals surface area (Å²) in [5.41, 5.74) is 0.451. The van der Waals surface area contributed by atoms with E-state index in [-0.39, 0.29) is 11.5 Å². The number of nitrogens with one attached hydrogen (secondary N) is 1. The Bertz CT molecular complexity index is 899. The summed E-state index contributed by atoms with van der Waals surface area (Å²) in [7, 11) is -3.52. The molecule has 3 heterocycles. The fourth-order valence-electron chi connectivity index (χ4n) is 4.30. The molecule has 1 spiro atoms. The van der Waals surface area contributed by atoms with Crippen LogP contribution in [-0.4, -0.2) is 43.5 Å². The van der Waals surface area contributed by atoms with Gasteiger partial charge in [0.15, 0.2) is 6.10 Å². The summed E-state index contributed by atoms with van der Waals surface area (Å²) < 4.78 is 39.5. The number of rotatable bonds is 2. The minimum absolute atomic E-state index is 0.00781. The molecule has 5 atom stereocenters. The first kappa shape index (κ1) is 18.7. The van der Waals surface area contributed by atoms with Gasteiger partial charge in [-0.05, 0) is 42.5 Å². The maximum Gasteiger partial charge on any atom is 0.338 e. The van der Waals surface area contributed by atoms with E-state index in [1.165, 1.54) is 0 Å². The van der Waals surface area contributed by atoms with Crippen molar-refractivity contribution in [2.24, 2.45) is 0 Å². The summed E-state index contributed by atoms with van der Waals surface area (Å²) in [6.45, 7) is 8.02. The minimum Gasteiger partial charge on any atom is -0.454 e. The van der Waals surface area contributed by atoms with E-state index in [0.29, 0.717) is 12.0 Å². The van der Waals surface area contributed by atoms with Crippen LogP contribution in [0.2, 0.25) is 0 Å². The second-order valence-corrected chi connectivity index (χ2v) is 10.6. The Morgan fingerprint density at radius 3 is 2.52 bits per heavy atom. The van der Waals surface area contributed by atoms with Crippen molar-refractivity contribution in [2.75, 3.05) is 0 Å². The predicted molar refractivity (Wildman–Crippen MR) is 101 cm³/mol. The summed E-state index contributed by atoms with van der Waals surface area (Å²) >= 11 is 0. The number of carbonyl (C=O) groups is 1. The molecule has 27 heavy (non-hydrogen) atoms. The van der Waals surface area contributed by atoms with Crippen molar-refractivity contribution in [3.05, 3.63) is 47.5 Å². The number of hydrogen-bond donors (Lipinski definition) is 1. The molecule has 1 N–H and O–H groups in total.